The van der Waals surface area contributed by atoms with Crippen molar-refractivity contribution in [1.82, 2.24) is 9.55 Å². The summed E-state index contributed by atoms with van der Waals surface area (Å²) in [5.74, 6) is 0.521. The SMILES string of the molecule is Cc1ccc(NC(=O)CC2CSc3nc(C(C)(C)C)cc(=O)n32)cc1Cl. The van der Waals surface area contributed by atoms with Crippen LogP contribution in [0.15, 0.2) is 34.2 Å². The number of carbonyl (C=O) groups excluding carboxylic acids is 1. The fraction of sp³-hybridized carbons (Fsp3) is 0.421. The maximum atomic E-state index is 12.6. The number of rotatable bonds is 3. The van der Waals surface area contributed by atoms with Gasteiger partial charge in [-0.05, 0) is 24.6 Å². The van der Waals surface area contributed by atoms with E-state index in [0.29, 0.717) is 21.6 Å². The minimum absolute atomic E-state index is 0.0962. The third-order valence-corrected chi connectivity index (χ3v) is 5.84. The zero-order valence-electron chi connectivity index (χ0n) is 15.3. The van der Waals surface area contributed by atoms with Crippen LogP contribution in [-0.4, -0.2) is 21.2 Å². The summed E-state index contributed by atoms with van der Waals surface area (Å²) < 4.78 is 1.64. The van der Waals surface area contributed by atoms with Gasteiger partial charge >= 0.3 is 0 Å². The number of hydrogen-bond acceptors (Lipinski definition) is 4. The highest BCUT2D eigenvalue weighted by atomic mass is 35.5. The van der Waals surface area contributed by atoms with Crippen LogP contribution in [0.5, 0.6) is 0 Å². The highest BCUT2D eigenvalue weighted by molar-refractivity contribution is 7.99. The van der Waals surface area contributed by atoms with E-state index in [2.05, 4.69) is 10.3 Å². The van der Waals surface area contributed by atoms with Crippen LogP contribution in [0, 0.1) is 6.92 Å². The molecule has 7 heteroatoms. The molecule has 2 heterocycles. The predicted molar refractivity (Wildman–Crippen MR) is 106 cm³/mol. The van der Waals surface area contributed by atoms with Crippen molar-refractivity contribution in [3.8, 4) is 0 Å². The molecule has 138 valence electrons. The third-order valence-electron chi connectivity index (χ3n) is 4.33. The number of hydrogen-bond donors (Lipinski definition) is 1. The monoisotopic (exact) mass is 391 g/mol. The van der Waals surface area contributed by atoms with Crippen LogP contribution < -0.4 is 10.9 Å². The third kappa shape index (κ3) is 3.96. The molecule has 0 aliphatic carbocycles. The van der Waals surface area contributed by atoms with E-state index in [1.54, 1.807) is 16.7 Å². The standard InChI is InChI=1S/C19H22ClN3O2S/c1-11-5-6-12(7-14(11)20)21-16(24)8-13-10-26-18-22-15(19(2,3)4)9-17(25)23(13)18/h5-7,9,13H,8,10H2,1-4H3,(H,21,24). The number of carbonyl (C=O) groups is 1. The number of aromatic nitrogens is 2. The Labute approximate surface area is 162 Å². The molecule has 1 aromatic heterocycles. The summed E-state index contributed by atoms with van der Waals surface area (Å²) in [6, 6.07) is 6.81. The van der Waals surface area contributed by atoms with Gasteiger partial charge in [-0.25, -0.2) is 4.98 Å². The zero-order chi connectivity index (χ0) is 19.1. The van der Waals surface area contributed by atoms with Gasteiger partial charge in [-0.1, -0.05) is 50.2 Å². The van der Waals surface area contributed by atoms with E-state index < -0.39 is 0 Å². The fourth-order valence-corrected chi connectivity index (χ4v) is 4.11. The van der Waals surface area contributed by atoms with Crippen molar-refractivity contribution >= 4 is 35.0 Å². The van der Waals surface area contributed by atoms with Gasteiger partial charge in [0.15, 0.2) is 5.16 Å². The smallest absolute Gasteiger partial charge is 0.254 e. The molecule has 1 aliphatic rings. The number of amides is 1. The summed E-state index contributed by atoms with van der Waals surface area (Å²) in [7, 11) is 0. The van der Waals surface area contributed by atoms with Crippen molar-refractivity contribution < 1.29 is 4.79 Å². The van der Waals surface area contributed by atoms with Crippen LogP contribution in [0.3, 0.4) is 0 Å². The predicted octanol–water partition coefficient (Wildman–Crippen LogP) is 4.18. The Hall–Kier alpha value is -1.79. The Kier molecular flexibility index (Phi) is 5.17. The van der Waals surface area contributed by atoms with Crippen LogP contribution in [0.25, 0.3) is 0 Å². The first-order chi connectivity index (χ1) is 12.1. The summed E-state index contributed by atoms with van der Waals surface area (Å²) in [5, 5.41) is 4.16. The largest absolute Gasteiger partial charge is 0.326 e. The van der Waals surface area contributed by atoms with Crippen molar-refractivity contribution in [3.05, 3.63) is 50.9 Å². The van der Waals surface area contributed by atoms with Gasteiger partial charge in [0.1, 0.15) is 0 Å². The number of anilines is 1. The van der Waals surface area contributed by atoms with Gasteiger partial charge < -0.3 is 5.32 Å². The summed E-state index contributed by atoms with van der Waals surface area (Å²) in [6.07, 6.45) is 0.224. The van der Waals surface area contributed by atoms with Gasteiger partial charge in [-0.3, -0.25) is 14.2 Å². The summed E-state index contributed by atoms with van der Waals surface area (Å²) >= 11 is 7.62. The lowest BCUT2D eigenvalue weighted by molar-refractivity contribution is -0.116. The quantitative estimate of drug-likeness (QED) is 0.797. The average molecular weight is 392 g/mol. The van der Waals surface area contributed by atoms with Crippen LogP contribution in [0.2, 0.25) is 5.02 Å². The summed E-state index contributed by atoms with van der Waals surface area (Å²) in [5.41, 5.74) is 2.11. The molecule has 5 nitrogen and oxygen atoms in total. The lowest BCUT2D eigenvalue weighted by atomic mass is 9.92. The number of halogens is 1. The fourth-order valence-electron chi connectivity index (χ4n) is 2.78. The lowest BCUT2D eigenvalue weighted by Crippen LogP contribution is -2.29. The van der Waals surface area contributed by atoms with E-state index in [0.717, 1.165) is 11.3 Å². The number of nitrogens with zero attached hydrogens (tertiary/aromatic N) is 2. The van der Waals surface area contributed by atoms with Crippen molar-refractivity contribution in [1.29, 1.82) is 0 Å². The summed E-state index contributed by atoms with van der Waals surface area (Å²) in [6.45, 7) is 8.00. The van der Waals surface area contributed by atoms with Crippen molar-refractivity contribution in [2.45, 2.75) is 50.7 Å². The van der Waals surface area contributed by atoms with Crippen molar-refractivity contribution in [2.24, 2.45) is 0 Å². The van der Waals surface area contributed by atoms with Crippen molar-refractivity contribution in [2.75, 3.05) is 11.1 Å². The highest BCUT2D eigenvalue weighted by Gasteiger charge is 2.29. The van der Waals surface area contributed by atoms with Gasteiger partial charge in [0.05, 0.1) is 11.7 Å². The first-order valence-electron chi connectivity index (χ1n) is 8.48. The van der Waals surface area contributed by atoms with E-state index in [-0.39, 0.29) is 29.3 Å². The molecule has 0 radical (unpaired) electrons. The van der Waals surface area contributed by atoms with E-state index in [4.69, 9.17) is 11.6 Å². The van der Waals surface area contributed by atoms with Gasteiger partial charge in [0, 0.05) is 34.4 Å². The van der Waals surface area contributed by atoms with Gasteiger partial charge in [0.2, 0.25) is 5.91 Å². The maximum Gasteiger partial charge on any atom is 0.254 e. The molecule has 0 fully saturated rings. The average Bonchev–Trinajstić information content (AvgIpc) is 2.93. The first kappa shape index (κ1) is 19.0. The molecule has 26 heavy (non-hydrogen) atoms. The number of benzene rings is 1. The Bertz CT molecular complexity index is 918. The number of nitrogens with one attached hydrogen (secondary N) is 1. The van der Waals surface area contributed by atoms with E-state index in [1.807, 2.05) is 39.8 Å². The van der Waals surface area contributed by atoms with Crippen LogP contribution >= 0.6 is 23.4 Å². The molecule has 0 saturated heterocycles. The van der Waals surface area contributed by atoms with E-state index >= 15 is 0 Å². The minimum Gasteiger partial charge on any atom is -0.326 e. The molecule has 1 amide bonds. The Morgan fingerprint density at radius 2 is 2.12 bits per heavy atom. The van der Waals surface area contributed by atoms with Gasteiger partial charge in [-0.2, -0.15) is 0 Å². The molecular weight excluding hydrogens is 370 g/mol. The molecular formula is C19H22ClN3O2S. The molecule has 3 rings (SSSR count). The van der Waals surface area contributed by atoms with E-state index in [9.17, 15) is 9.59 Å². The molecule has 0 spiro atoms. The van der Waals surface area contributed by atoms with Crippen molar-refractivity contribution in [3.63, 3.8) is 0 Å². The first-order valence-corrected chi connectivity index (χ1v) is 9.84. The molecule has 0 bridgehead atoms. The normalized spacial score (nSPS) is 16.4. The second-order valence-electron chi connectivity index (χ2n) is 7.56. The number of fused-ring (bicyclic) bond motifs is 1. The number of thioether (sulfide) groups is 1. The Balaban J connectivity index is 1.76. The van der Waals surface area contributed by atoms with Gasteiger partial charge in [0.25, 0.3) is 5.56 Å². The Morgan fingerprint density at radius 1 is 1.38 bits per heavy atom. The molecule has 2 aromatic rings. The van der Waals surface area contributed by atoms with E-state index in [1.165, 1.54) is 11.8 Å². The zero-order valence-corrected chi connectivity index (χ0v) is 16.9. The topological polar surface area (TPSA) is 64.0 Å². The highest BCUT2D eigenvalue weighted by Crippen LogP contribution is 2.33. The molecule has 1 aliphatic heterocycles. The second-order valence-corrected chi connectivity index (χ2v) is 8.96. The molecule has 1 unspecified atom stereocenters. The molecule has 1 aromatic carbocycles. The van der Waals surface area contributed by atoms with Crippen LogP contribution in [0.4, 0.5) is 5.69 Å². The maximum absolute atomic E-state index is 12.6. The van der Waals surface area contributed by atoms with Crippen LogP contribution in [0.1, 0.15) is 44.5 Å². The molecule has 1 N–H and O–H groups in total. The lowest BCUT2D eigenvalue weighted by Gasteiger charge is -2.19. The van der Waals surface area contributed by atoms with Gasteiger partial charge in [-0.15, -0.1) is 0 Å². The summed E-state index contributed by atoms with van der Waals surface area (Å²) in [4.78, 5) is 29.6. The Morgan fingerprint density at radius 3 is 2.77 bits per heavy atom. The minimum atomic E-state index is -0.190. The second kappa shape index (κ2) is 7.08. The number of aryl methyl sites for hydroxylation is 1. The van der Waals surface area contributed by atoms with Crippen LogP contribution in [-0.2, 0) is 10.2 Å². The molecule has 0 saturated carbocycles. The molecule has 1 atom stereocenters.